The molecule has 33 heavy (non-hydrogen) atoms. The summed E-state index contributed by atoms with van der Waals surface area (Å²) in [5.74, 6) is 0. The van der Waals surface area contributed by atoms with Gasteiger partial charge in [0.1, 0.15) is 5.69 Å². The average Bonchev–Trinajstić information content (AvgIpc) is 3.23. The van der Waals surface area contributed by atoms with Crippen LogP contribution in [-0.4, -0.2) is 27.4 Å². The maximum atomic E-state index is 4.77. The molecule has 0 aliphatic carbocycles. The molecule has 0 spiro atoms. The molecule has 168 valence electrons. The van der Waals surface area contributed by atoms with E-state index >= 15 is 0 Å². The molecule has 0 unspecified atom stereocenters. The van der Waals surface area contributed by atoms with E-state index in [9.17, 15) is 0 Å². The fraction of sp³-hybridized carbons (Fsp3) is 0.250. The molecule has 0 radical (unpaired) electrons. The molecule has 0 bridgehead atoms. The summed E-state index contributed by atoms with van der Waals surface area (Å²) >= 11 is 0. The normalized spacial score (nSPS) is 11.8. The Hall–Kier alpha value is -3.57. The highest BCUT2D eigenvalue weighted by atomic mass is 15.1. The highest BCUT2D eigenvalue weighted by molar-refractivity contribution is 5.96. The summed E-state index contributed by atoms with van der Waals surface area (Å²) in [6, 6.07) is 14.9. The van der Waals surface area contributed by atoms with Crippen molar-refractivity contribution in [2.24, 2.45) is 4.99 Å². The molecule has 0 atom stereocenters. The number of hydrogen-bond donors (Lipinski definition) is 2. The van der Waals surface area contributed by atoms with Crippen LogP contribution in [0.2, 0.25) is 0 Å². The minimum atomic E-state index is 0.666. The lowest BCUT2D eigenvalue weighted by atomic mass is 9.97. The fourth-order valence-electron chi connectivity index (χ4n) is 4.02. The maximum absolute atomic E-state index is 4.77. The maximum Gasteiger partial charge on any atom is 0.118 e. The van der Waals surface area contributed by atoms with E-state index in [0.29, 0.717) is 5.70 Å². The van der Waals surface area contributed by atoms with Gasteiger partial charge in [0.15, 0.2) is 0 Å². The number of nitrogens with one attached hydrogen (secondary N) is 2. The molecule has 2 heterocycles. The van der Waals surface area contributed by atoms with Gasteiger partial charge in [0.2, 0.25) is 0 Å². The standard InChI is InChI=1S/C28H31N5/c1-6-29-15-24-16-30-17-26(20(24)4)23-11-12-27-25(14-23)28(33-32-27)21(5)31-19(3)13-22-9-7-18(2)8-10-22/h7-12,14,16-17,29H,5-6,13,15H2,1-4H3,(H,32,33). The van der Waals surface area contributed by atoms with Gasteiger partial charge in [-0.25, -0.2) is 0 Å². The second-order valence-electron chi connectivity index (χ2n) is 8.54. The van der Waals surface area contributed by atoms with Gasteiger partial charge < -0.3 is 5.32 Å². The van der Waals surface area contributed by atoms with Crippen LogP contribution in [0.3, 0.4) is 0 Å². The first-order valence-corrected chi connectivity index (χ1v) is 11.4. The van der Waals surface area contributed by atoms with Crippen LogP contribution in [0, 0.1) is 13.8 Å². The van der Waals surface area contributed by atoms with Crippen LogP contribution in [0.15, 0.2) is 66.4 Å². The molecule has 2 aromatic carbocycles. The Labute approximate surface area is 195 Å². The minimum Gasteiger partial charge on any atom is -0.313 e. The summed E-state index contributed by atoms with van der Waals surface area (Å²) < 4.78 is 0. The number of rotatable bonds is 8. The summed E-state index contributed by atoms with van der Waals surface area (Å²) in [6.07, 6.45) is 4.66. The van der Waals surface area contributed by atoms with E-state index < -0.39 is 0 Å². The average molecular weight is 438 g/mol. The Bertz CT molecular complexity index is 1310. The van der Waals surface area contributed by atoms with E-state index in [1.807, 2.05) is 19.3 Å². The van der Waals surface area contributed by atoms with Crippen molar-refractivity contribution in [2.45, 2.75) is 40.7 Å². The molecule has 0 amide bonds. The monoisotopic (exact) mass is 437 g/mol. The number of H-pyrrole nitrogens is 1. The number of aromatic nitrogens is 3. The van der Waals surface area contributed by atoms with Gasteiger partial charge in [0.05, 0.1) is 11.2 Å². The smallest absolute Gasteiger partial charge is 0.118 e. The Kier molecular flexibility index (Phi) is 6.80. The molecule has 0 saturated carbocycles. The summed E-state index contributed by atoms with van der Waals surface area (Å²) in [5, 5.41) is 12.1. The zero-order valence-corrected chi connectivity index (χ0v) is 19.9. The topological polar surface area (TPSA) is 66.0 Å². The number of aliphatic imine (C=N–C) groups is 1. The Morgan fingerprint density at radius 3 is 2.64 bits per heavy atom. The number of hydrogen-bond acceptors (Lipinski definition) is 4. The molecule has 4 aromatic rings. The fourth-order valence-corrected chi connectivity index (χ4v) is 4.02. The van der Waals surface area contributed by atoms with Crippen molar-refractivity contribution in [1.82, 2.24) is 20.5 Å². The molecule has 2 aromatic heterocycles. The number of aromatic amines is 1. The van der Waals surface area contributed by atoms with Crippen LogP contribution < -0.4 is 5.32 Å². The van der Waals surface area contributed by atoms with Crippen molar-refractivity contribution < 1.29 is 0 Å². The van der Waals surface area contributed by atoms with Crippen molar-refractivity contribution >= 4 is 22.3 Å². The molecule has 2 N–H and O–H groups in total. The van der Waals surface area contributed by atoms with E-state index in [0.717, 1.165) is 52.9 Å². The lowest BCUT2D eigenvalue weighted by Gasteiger charge is -2.11. The van der Waals surface area contributed by atoms with Crippen molar-refractivity contribution in [3.8, 4) is 11.1 Å². The van der Waals surface area contributed by atoms with Crippen molar-refractivity contribution in [1.29, 1.82) is 0 Å². The van der Waals surface area contributed by atoms with Gasteiger partial charge in [0.25, 0.3) is 0 Å². The largest absolute Gasteiger partial charge is 0.313 e. The van der Waals surface area contributed by atoms with Crippen molar-refractivity contribution in [3.63, 3.8) is 0 Å². The number of nitrogens with zero attached hydrogens (tertiary/aromatic N) is 3. The summed E-state index contributed by atoms with van der Waals surface area (Å²) in [5.41, 5.74) is 10.6. The third kappa shape index (κ3) is 5.10. The SMILES string of the molecule is C=C(N=C(C)Cc1ccc(C)cc1)c1n[nH]c2ccc(-c3cncc(CNCC)c3C)cc12. The van der Waals surface area contributed by atoms with Crippen LogP contribution in [0.1, 0.15) is 41.8 Å². The van der Waals surface area contributed by atoms with E-state index in [2.05, 4.69) is 90.3 Å². The molecule has 5 nitrogen and oxygen atoms in total. The van der Waals surface area contributed by atoms with Gasteiger partial charge in [-0.3, -0.25) is 15.1 Å². The first-order valence-electron chi connectivity index (χ1n) is 11.4. The van der Waals surface area contributed by atoms with Crippen LogP contribution in [0.5, 0.6) is 0 Å². The zero-order chi connectivity index (χ0) is 23.4. The Morgan fingerprint density at radius 2 is 1.88 bits per heavy atom. The van der Waals surface area contributed by atoms with E-state index in [1.165, 1.54) is 22.3 Å². The van der Waals surface area contributed by atoms with Gasteiger partial charge in [-0.1, -0.05) is 49.4 Å². The third-order valence-electron chi connectivity index (χ3n) is 5.94. The van der Waals surface area contributed by atoms with E-state index in [1.54, 1.807) is 0 Å². The van der Waals surface area contributed by atoms with Gasteiger partial charge in [-0.05, 0) is 61.7 Å². The van der Waals surface area contributed by atoms with Gasteiger partial charge in [0, 0.05) is 42.0 Å². The predicted molar refractivity (Wildman–Crippen MR) is 138 cm³/mol. The van der Waals surface area contributed by atoms with E-state index in [4.69, 9.17) is 4.99 Å². The summed E-state index contributed by atoms with van der Waals surface area (Å²) in [6.45, 7) is 14.4. The lowest BCUT2D eigenvalue weighted by molar-refractivity contribution is 0.721. The first-order chi connectivity index (χ1) is 16.0. The Morgan fingerprint density at radius 1 is 1.09 bits per heavy atom. The molecular weight excluding hydrogens is 406 g/mol. The lowest BCUT2D eigenvalue weighted by Crippen LogP contribution is -2.13. The van der Waals surface area contributed by atoms with Gasteiger partial charge >= 0.3 is 0 Å². The Balaban J connectivity index is 1.63. The summed E-state index contributed by atoms with van der Waals surface area (Å²) in [7, 11) is 0. The third-order valence-corrected chi connectivity index (χ3v) is 5.94. The molecular formula is C28H31N5. The van der Waals surface area contributed by atoms with Crippen molar-refractivity contribution in [3.05, 3.63) is 89.4 Å². The van der Waals surface area contributed by atoms with Crippen LogP contribution in [-0.2, 0) is 13.0 Å². The van der Waals surface area contributed by atoms with Crippen LogP contribution in [0.4, 0.5) is 0 Å². The van der Waals surface area contributed by atoms with E-state index in [-0.39, 0.29) is 0 Å². The predicted octanol–water partition coefficient (Wildman–Crippen LogP) is 6.03. The number of benzene rings is 2. The molecule has 0 saturated heterocycles. The highest BCUT2D eigenvalue weighted by Crippen LogP contribution is 2.30. The van der Waals surface area contributed by atoms with Crippen molar-refractivity contribution in [2.75, 3.05) is 6.54 Å². The molecule has 4 rings (SSSR count). The van der Waals surface area contributed by atoms with Gasteiger partial charge in [-0.2, -0.15) is 5.10 Å². The highest BCUT2D eigenvalue weighted by Gasteiger charge is 2.13. The van der Waals surface area contributed by atoms with Crippen LogP contribution >= 0.6 is 0 Å². The van der Waals surface area contributed by atoms with Crippen LogP contribution in [0.25, 0.3) is 27.7 Å². The zero-order valence-electron chi connectivity index (χ0n) is 19.9. The first kappa shape index (κ1) is 22.6. The minimum absolute atomic E-state index is 0.666. The second kappa shape index (κ2) is 9.92. The number of fused-ring (bicyclic) bond motifs is 1. The quantitative estimate of drug-likeness (QED) is 0.331. The molecule has 5 heteroatoms. The second-order valence-corrected chi connectivity index (χ2v) is 8.54. The number of pyridine rings is 1. The van der Waals surface area contributed by atoms with Gasteiger partial charge in [-0.15, -0.1) is 0 Å². The number of aryl methyl sites for hydroxylation is 1. The molecule has 0 aliphatic heterocycles. The molecule has 0 aliphatic rings. The molecule has 0 fully saturated rings. The summed E-state index contributed by atoms with van der Waals surface area (Å²) in [4.78, 5) is 9.26.